The number of hydrogen-bond donors (Lipinski definition) is 2. The van der Waals surface area contributed by atoms with Gasteiger partial charge in [-0.05, 0) is 18.2 Å². The fraction of sp³-hybridized carbons (Fsp3) is 0.615. The first-order valence-corrected chi connectivity index (χ1v) is 10.3. The van der Waals surface area contributed by atoms with Gasteiger partial charge in [0.25, 0.3) is 0 Å². The topological polar surface area (TPSA) is 127 Å². The van der Waals surface area contributed by atoms with E-state index in [4.69, 9.17) is 36.1 Å². The highest BCUT2D eigenvalue weighted by Crippen LogP contribution is 2.55. The highest BCUT2D eigenvalue weighted by atomic mass is 32.5. The maximum atomic E-state index is 10.1. The molecular weight excluding hydrogens is 369 g/mol. The van der Waals surface area contributed by atoms with Crippen molar-refractivity contribution in [3.63, 3.8) is 0 Å². The molecule has 0 spiro atoms. The third-order valence-electron chi connectivity index (χ3n) is 4.71. The molecule has 0 aromatic carbocycles. The Hall–Kier alpha value is -1.20. The Morgan fingerprint density at radius 2 is 2.32 bits per heavy atom. The smallest absolute Gasteiger partial charge is 0.324 e. The van der Waals surface area contributed by atoms with Crippen LogP contribution in [0.15, 0.2) is 12.7 Å². The van der Waals surface area contributed by atoms with Crippen molar-refractivity contribution in [1.82, 2.24) is 19.5 Å². The monoisotopic (exact) mass is 387 g/mol. The SMILES string of the molecule is CC[C@@]12COC(C1OP(O)(=S)OC)[C@H](n1cnc3c(N)ncnc31)O2. The van der Waals surface area contributed by atoms with Crippen LogP contribution in [0.4, 0.5) is 5.82 Å². The minimum Gasteiger partial charge on any atom is -0.382 e. The summed E-state index contributed by atoms with van der Waals surface area (Å²) in [4.78, 5) is 22.5. The van der Waals surface area contributed by atoms with E-state index in [1.807, 2.05) is 6.92 Å². The summed E-state index contributed by atoms with van der Waals surface area (Å²) in [6, 6.07) is 0. The lowest BCUT2D eigenvalue weighted by Gasteiger charge is -2.31. The molecule has 0 amide bonds. The van der Waals surface area contributed by atoms with Gasteiger partial charge in [-0.2, -0.15) is 0 Å². The van der Waals surface area contributed by atoms with Gasteiger partial charge in [0.15, 0.2) is 17.7 Å². The van der Waals surface area contributed by atoms with Gasteiger partial charge in [0, 0.05) is 7.11 Å². The number of nitrogens with zero attached hydrogens (tertiary/aromatic N) is 4. The largest absolute Gasteiger partial charge is 0.382 e. The van der Waals surface area contributed by atoms with Crippen LogP contribution in [0, 0.1) is 0 Å². The third-order valence-corrected chi connectivity index (χ3v) is 6.37. The van der Waals surface area contributed by atoms with Gasteiger partial charge < -0.3 is 24.6 Å². The molecule has 2 aromatic heterocycles. The van der Waals surface area contributed by atoms with Crippen LogP contribution in [0.2, 0.25) is 0 Å². The van der Waals surface area contributed by atoms with Crippen molar-refractivity contribution in [3.8, 4) is 0 Å². The molecule has 2 bridgehead atoms. The van der Waals surface area contributed by atoms with E-state index in [1.165, 1.54) is 13.4 Å². The summed E-state index contributed by atoms with van der Waals surface area (Å²) >= 11 is 5.00. The van der Waals surface area contributed by atoms with Crippen molar-refractivity contribution in [2.24, 2.45) is 0 Å². The first-order chi connectivity index (χ1) is 11.9. The average Bonchev–Trinajstić information content (AvgIpc) is 3.26. The van der Waals surface area contributed by atoms with Gasteiger partial charge in [0.1, 0.15) is 29.7 Å². The predicted molar refractivity (Wildman–Crippen MR) is 91.0 cm³/mol. The molecule has 0 aliphatic carbocycles. The molecule has 12 heteroatoms. The molecule has 0 radical (unpaired) electrons. The second-order valence-corrected chi connectivity index (χ2v) is 8.86. The molecule has 136 valence electrons. The van der Waals surface area contributed by atoms with Crippen molar-refractivity contribution < 1.29 is 23.4 Å². The minimum atomic E-state index is -3.37. The fourth-order valence-electron chi connectivity index (χ4n) is 3.35. The molecule has 2 fully saturated rings. The summed E-state index contributed by atoms with van der Waals surface area (Å²) < 4.78 is 24.5. The van der Waals surface area contributed by atoms with Crippen LogP contribution < -0.4 is 5.73 Å². The van der Waals surface area contributed by atoms with Crippen LogP contribution in [-0.4, -0.2) is 55.9 Å². The standard InChI is InChI=1S/C13H18N5O5PS/c1-3-13-4-21-8(9(13)23-24(19,25)20-2)12(22-13)18-6-17-7-10(14)15-5-16-11(7)18/h5-6,8-9,12H,3-4H2,1-2H3,(H,19,25)(H2,14,15,16)/t8?,9?,12-,13-,24?/m1/s1. The quantitative estimate of drug-likeness (QED) is 0.709. The molecule has 3 N–H and O–H groups in total. The molecule has 2 saturated heterocycles. The van der Waals surface area contributed by atoms with Crippen molar-refractivity contribution in [3.05, 3.63) is 12.7 Å². The highest BCUT2D eigenvalue weighted by Gasteiger charge is 2.63. The van der Waals surface area contributed by atoms with E-state index in [2.05, 4.69) is 15.0 Å². The van der Waals surface area contributed by atoms with Gasteiger partial charge in [-0.1, -0.05) is 6.92 Å². The van der Waals surface area contributed by atoms with Crippen LogP contribution in [0.25, 0.3) is 11.2 Å². The van der Waals surface area contributed by atoms with Crippen LogP contribution in [0.3, 0.4) is 0 Å². The van der Waals surface area contributed by atoms with Crippen LogP contribution in [0.1, 0.15) is 19.6 Å². The first-order valence-electron chi connectivity index (χ1n) is 7.70. The fourth-order valence-corrected chi connectivity index (χ4v) is 4.31. The van der Waals surface area contributed by atoms with Crippen LogP contribution in [0.5, 0.6) is 0 Å². The van der Waals surface area contributed by atoms with Gasteiger partial charge in [-0.3, -0.25) is 9.09 Å². The highest BCUT2D eigenvalue weighted by molar-refractivity contribution is 8.07. The summed E-state index contributed by atoms with van der Waals surface area (Å²) in [6.45, 7) is -1.06. The summed E-state index contributed by atoms with van der Waals surface area (Å²) in [7, 11) is 1.32. The number of nitrogen functional groups attached to an aromatic ring is 1. The molecule has 4 heterocycles. The molecule has 4 rings (SSSR count). The molecule has 2 aliphatic heterocycles. The number of aromatic nitrogens is 4. The molecule has 25 heavy (non-hydrogen) atoms. The number of nitrogens with two attached hydrogens (primary N) is 1. The molecule has 2 aromatic rings. The normalized spacial score (nSPS) is 33.8. The summed E-state index contributed by atoms with van der Waals surface area (Å²) in [5, 5.41) is 0. The Bertz CT molecular complexity index is 864. The molecular formula is C13H18N5O5PS. The molecule has 5 atom stereocenters. The van der Waals surface area contributed by atoms with E-state index in [1.54, 1.807) is 10.9 Å². The van der Waals surface area contributed by atoms with Crippen LogP contribution in [-0.2, 0) is 30.3 Å². The number of anilines is 1. The van der Waals surface area contributed by atoms with Crippen LogP contribution >= 0.6 is 6.72 Å². The lowest BCUT2D eigenvalue weighted by Crippen LogP contribution is -2.40. The zero-order chi connectivity index (χ0) is 17.8. The lowest BCUT2D eigenvalue weighted by molar-refractivity contribution is -0.173. The van der Waals surface area contributed by atoms with Crippen molar-refractivity contribution in [1.29, 1.82) is 0 Å². The van der Waals surface area contributed by atoms with Crippen molar-refractivity contribution >= 4 is 35.5 Å². The van der Waals surface area contributed by atoms with Crippen molar-refractivity contribution in [2.75, 3.05) is 19.5 Å². The van der Waals surface area contributed by atoms with E-state index in [-0.39, 0.29) is 5.82 Å². The van der Waals surface area contributed by atoms with Gasteiger partial charge in [0.05, 0.1) is 12.9 Å². The lowest BCUT2D eigenvalue weighted by atomic mass is 9.96. The number of ether oxygens (including phenoxy) is 2. The van der Waals surface area contributed by atoms with Gasteiger partial charge in [-0.15, -0.1) is 0 Å². The Kier molecular flexibility index (Phi) is 4.08. The maximum absolute atomic E-state index is 10.1. The zero-order valence-electron chi connectivity index (χ0n) is 13.6. The second kappa shape index (κ2) is 5.92. The Morgan fingerprint density at radius 1 is 1.52 bits per heavy atom. The van der Waals surface area contributed by atoms with Crippen molar-refractivity contribution in [2.45, 2.75) is 37.4 Å². The van der Waals surface area contributed by atoms with Gasteiger partial charge in [-0.25, -0.2) is 15.0 Å². The molecule has 3 unspecified atom stereocenters. The van der Waals surface area contributed by atoms with E-state index in [9.17, 15) is 4.89 Å². The number of imidazole rings is 1. The third kappa shape index (κ3) is 2.58. The summed E-state index contributed by atoms with van der Waals surface area (Å²) in [5.74, 6) is 0.288. The Morgan fingerprint density at radius 3 is 3.04 bits per heavy atom. The van der Waals surface area contributed by atoms with Gasteiger partial charge in [0.2, 0.25) is 0 Å². The number of fused-ring (bicyclic) bond motifs is 3. The molecule has 10 nitrogen and oxygen atoms in total. The maximum Gasteiger partial charge on any atom is 0.324 e. The average molecular weight is 387 g/mol. The Balaban J connectivity index is 1.73. The minimum absolute atomic E-state index is 0.288. The van der Waals surface area contributed by atoms with Gasteiger partial charge >= 0.3 is 6.72 Å². The van der Waals surface area contributed by atoms with E-state index in [0.717, 1.165) is 0 Å². The Labute approximate surface area is 148 Å². The summed E-state index contributed by atoms with van der Waals surface area (Å²) in [6.07, 6.45) is 1.98. The van der Waals surface area contributed by atoms with E-state index < -0.39 is 30.8 Å². The van der Waals surface area contributed by atoms with E-state index >= 15 is 0 Å². The summed E-state index contributed by atoms with van der Waals surface area (Å²) in [5.41, 5.74) is 6.14. The number of rotatable bonds is 5. The molecule has 0 saturated carbocycles. The predicted octanol–water partition coefficient (Wildman–Crippen LogP) is 0.733. The molecule has 2 aliphatic rings. The number of hydrogen-bond acceptors (Lipinski definition) is 9. The zero-order valence-corrected chi connectivity index (χ0v) is 15.3. The second-order valence-electron chi connectivity index (χ2n) is 5.96. The first kappa shape index (κ1) is 17.2. The van der Waals surface area contributed by atoms with E-state index in [0.29, 0.717) is 24.2 Å².